The number of halogens is 2. The molecule has 13 heavy (non-hydrogen) atoms. The highest BCUT2D eigenvalue weighted by Crippen LogP contribution is 2.07. The Kier molecular flexibility index (Phi) is 2.89. The van der Waals surface area contributed by atoms with Gasteiger partial charge < -0.3 is 5.73 Å². The summed E-state index contributed by atoms with van der Waals surface area (Å²) in [5, 5.41) is 0. The lowest BCUT2D eigenvalue weighted by atomic mass is 10.1. The maximum Gasteiger partial charge on any atom is 0.296 e. The Hall–Kier alpha value is -1.52. The van der Waals surface area contributed by atoms with Gasteiger partial charge in [0, 0.05) is 12.6 Å². The van der Waals surface area contributed by atoms with Crippen LogP contribution in [0.1, 0.15) is 5.56 Å². The summed E-state index contributed by atoms with van der Waals surface area (Å²) in [6, 6.07) is 2.89. The van der Waals surface area contributed by atoms with Crippen LogP contribution in [0, 0.1) is 0 Å². The molecule has 0 aromatic carbocycles. The van der Waals surface area contributed by atoms with Crippen molar-refractivity contribution in [3.05, 3.63) is 23.9 Å². The predicted octanol–water partition coefficient (Wildman–Crippen LogP) is 1.04. The molecule has 1 heterocycles. The molecule has 0 saturated heterocycles. The van der Waals surface area contributed by atoms with Crippen LogP contribution >= 0.6 is 0 Å². The van der Waals surface area contributed by atoms with Gasteiger partial charge in [-0.25, -0.2) is 13.8 Å². The van der Waals surface area contributed by atoms with Gasteiger partial charge in [-0.3, -0.25) is 4.79 Å². The van der Waals surface area contributed by atoms with E-state index < -0.39 is 12.2 Å². The Bertz CT molecular complexity index is 315. The van der Waals surface area contributed by atoms with Crippen molar-refractivity contribution in [2.75, 3.05) is 5.73 Å². The van der Waals surface area contributed by atoms with Crippen molar-refractivity contribution in [1.29, 1.82) is 0 Å². The van der Waals surface area contributed by atoms with Crippen molar-refractivity contribution in [3.63, 3.8) is 0 Å². The van der Waals surface area contributed by atoms with Gasteiger partial charge in [-0.2, -0.15) is 0 Å². The molecule has 70 valence electrons. The van der Waals surface area contributed by atoms with E-state index in [1.807, 2.05) is 0 Å². The van der Waals surface area contributed by atoms with Crippen LogP contribution in [-0.2, 0) is 11.2 Å². The molecule has 0 aliphatic carbocycles. The fourth-order valence-electron chi connectivity index (χ4n) is 0.883. The molecule has 0 unspecified atom stereocenters. The fraction of sp³-hybridized carbons (Fsp3) is 0.250. The number of nitrogen functional groups attached to an aromatic ring is 1. The molecule has 1 aromatic rings. The molecule has 3 nitrogen and oxygen atoms in total. The first-order valence-electron chi connectivity index (χ1n) is 3.61. The smallest absolute Gasteiger partial charge is 0.296 e. The summed E-state index contributed by atoms with van der Waals surface area (Å²) in [4.78, 5) is 14.3. The van der Waals surface area contributed by atoms with Gasteiger partial charge in [-0.05, 0) is 17.7 Å². The summed E-state index contributed by atoms with van der Waals surface area (Å²) < 4.78 is 23.6. The van der Waals surface area contributed by atoms with Gasteiger partial charge >= 0.3 is 0 Å². The molecule has 0 aliphatic heterocycles. The van der Waals surface area contributed by atoms with E-state index >= 15 is 0 Å². The Morgan fingerprint density at radius 2 is 2.31 bits per heavy atom. The van der Waals surface area contributed by atoms with Crippen molar-refractivity contribution in [2.24, 2.45) is 0 Å². The minimum atomic E-state index is -2.92. The number of hydrogen-bond donors (Lipinski definition) is 1. The maximum absolute atomic E-state index is 11.8. The van der Waals surface area contributed by atoms with Gasteiger partial charge in [0.2, 0.25) is 5.78 Å². The highest BCUT2D eigenvalue weighted by atomic mass is 19.3. The Morgan fingerprint density at radius 3 is 2.85 bits per heavy atom. The van der Waals surface area contributed by atoms with E-state index in [0.29, 0.717) is 5.56 Å². The van der Waals surface area contributed by atoms with Crippen molar-refractivity contribution < 1.29 is 13.6 Å². The number of aromatic nitrogens is 1. The lowest BCUT2D eigenvalue weighted by Gasteiger charge is -2.00. The van der Waals surface area contributed by atoms with E-state index in [4.69, 9.17) is 5.73 Å². The van der Waals surface area contributed by atoms with Crippen LogP contribution in [0.3, 0.4) is 0 Å². The molecule has 2 N–H and O–H groups in total. The number of anilines is 1. The molecular formula is C8H8F2N2O. The number of rotatable bonds is 3. The summed E-state index contributed by atoms with van der Waals surface area (Å²) in [6.45, 7) is 0. The van der Waals surface area contributed by atoms with Crippen LogP contribution in [0.25, 0.3) is 0 Å². The Labute approximate surface area is 73.6 Å². The standard InChI is InChI=1S/C8H8F2N2O/c9-8(10)6(13)3-5-1-2-12-7(11)4-5/h1-2,4,8H,3H2,(H2,11,12). The summed E-state index contributed by atoms with van der Waals surface area (Å²) in [6.07, 6.45) is -1.84. The monoisotopic (exact) mass is 186 g/mol. The first-order valence-corrected chi connectivity index (χ1v) is 3.61. The van der Waals surface area contributed by atoms with E-state index in [-0.39, 0.29) is 12.2 Å². The second-order valence-corrected chi connectivity index (χ2v) is 2.53. The number of pyridine rings is 1. The zero-order valence-electron chi connectivity index (χ0n) is 6.71. The average Bonchev–Trinajstić information content (AvgIpc) is 2.04. The third-order valence-electron chi connectivity index (χ3n) is 1.47. The van der Waals surface area contributed by atoms with Gasteiger partial charge in [0.15, 0.2) is 0 Å². The third kappa shape index (κ3) is 2.77. The Morgan fingerprint density at radius 1 is 1.62 bits per heavy atom. The number of nitrogens with zero attached hydrogens (tertiary/aromatic N) is 1. The number of nitrogens with two attached hydrogens (primary N) is 1. The molecular weight excluding hydrogens is 178 g/mol. The van der Waals surface area contributed by atoms with E-state index in [9.17, 15) is 13.6 Å². The number of hydrogen-bond acceptors (Lipinski definition) is 3. The van der Waals surface area contributed by atoms with Crippen molar-refractivity contribution in [3.8, 4) is 0 Å². The lowest BCUT2D eigenvalue weighted by molar-refractivity contribution is -0.128. The van der Waals surface area contributed by atoms with Crippen molar-refractivity contribution >= 4 is 11.6 Å². The molecule has 0 amide bonds. The fourth-order valence-corrected chi connectivity index (χ4v) is 0.883. The van der Waals surface area contributed by atoms with Crippen LogP contribution in [0.4, 0.5) is 14.6 Å². The zero-order chi connectivity index (χ0) is 9.84. The Balaban J connectivity index is 2.69. The normalized spacial score (nSPS) is 10.4. The van der Waals surface area contributed by atoms with E-state index in [2.05, 4.69) is 4.98 Å². The maximum atomic E-state index is 11.8. The zero-order valence-corrected chi connectivity index (χ0v) is 6.71. The van der Waals surface area contributed by atoms with Gasteiger partial charge in [0.1, 0.15) is 5.82 Å². The first kappa shape index (κ1) is 9.57. The molecule has 1 aromatic heterocycles. The largest absolute Gasteiger partial charge is 0.384 e. The SMILES string of the molecule is Nc1cc(CC(=O)C(F)F)ccn1. The molecule has 0 spiro atoms. The number of carbonyl (C=O) groups excluding carboxylic acids is 1. The van der Waals surface area contributed by atoms with Gasteiger partial charge in [0.25, 0.3) is 6.43 Å². The van der Waals surface area contributed by atoms with Crippen LogP contribution in [0.15, 0.2) is 18.3 Å². The van der Waals surface area contributed by atoms with Crippen LogP contribution in [0.2, 0.25) is 0 Å². The molecule has 0 aliphatic rings. The highest BCUT2D eigenvalue weighted by molar-refractivity contribution is 5.83. The highest BCUT2D eigenvalue weighted by Gasteiger charge is 2.15. The van der Waals surface area contributed by atoms with E-state index in [1.54, 1.807) is 0 Å². The molecule has 0 saturated carbocycles. The number of ketones is 1. The van der Waals surface area contributed by atoms with Crippen LogP contribution in [0.5, 0.6) is 0 Å². The second kappa shape index (κ2) is 3.93. The summed E-state index contributed by atoms with van der Waals surface area (Å²) in [5.74, 6) is -0.884. The molecule has 0 bridgehead atoms. The lowest BCUT2D eigenvalue weighted by Crippen LogP contribution is -2.12. The number of Topliss-reactive ketones (excluding diaryl/α,β-unsaturated/α-hetero) is 1. The van der Waals surface area contributed by atoms with E-state index in [0.717, 1.165) is 0 Å². The quantitative estimate of drug-likeness (QED) is 0.767. The van der Waals surface area contributed by atoms with E-state index in [1.165, 1.54) is 18.3 Å². The minimum absolute atomic E-state index is 0.222. The van der Waals surface area contributed by atoms with Crippen molar-refractivity contribution in [1.82, 2.24) is 4.98 Å². The average molecular weight is 186 g/mol. The van der Waals surface area contributed by atoms with Crippen molar-refractivity contribution in [2.45, 2.75) is 12.8 Å². The predicted molar refractivity (Wildman–Crippen MR) is 43.4 cm³/mol. The van der Waals surface area contributed by atoms with Gasteiger partial charge in [0.05, 0.1) is 0 Å². The summed E-state index contributed by atoms with van der Waals surface area (Å²) >= 11 is 0. The minimum Gasteiger partial charge on any atom is -0.384 e. The summed E-state index contributed by atoms with van der Waals surface area (Å²) in [7, 11) is 0. The van der Waals surface area contributed by atoms with Gasteiger partial charge in [-0.1, -0.05) is 0 Å². The molecule has 5 heteroatoms. The molecule has 0 fully saturated rings. The molecule has 0 atom stereocenters. The van der Waals surface area contributed by atoms with Gasteiger partial charge in [-0.15, -0.1) is 0 Å². The molecule has 0 radical (unpaired) electrons. The number of alkyl halides is 2. The summed E-state index contributed by atoms with van der Waals surface area (Å²) in [5.41, 5.74) is 5.76. The second-order valence-electron chi connectivity index (χ2n) is 2.53. The molecule has 1 rings (SSSR count). The number of carbonyl (C=O) groups is 1. The first-order chi connectivity index (χ1) is 6.09. The topological polar surface area (TPSA) is 56.0 Å². The third-order valence-corrected chi connectivity index (χ3v) is 1.47. The van der Waals surface area contributed by atoms with Crippen LogP contribution in [-0.4, -0.2) is 17.2 Å². The van der Waals surface area contributed by atoms with Crippen LogP contribution < -0.4 is 5.73 Å².